The van der Waals surface area contributed by atoms with Gasteiger partial charge in [0.2, 0.25) is 0 Å². The summed E-state index contributed by atoms with van der Waals surface area (Å²) < 4.78 is 6.51. The van der Waals surface area contributed by atoms with Gasteiger partial charge in [-0.15, -0.1) is 11.3 Å². The molecule has 0 spiro atoms. The number of hydrogen-bond donors (Lipinski definition) is 2. The number of benzene rings is 1. The average molecular weight is 408 g/mol. The lowest BCUT2D eigenvalue weighted by Crippen LogP contribution is -2.26. The van der Waals surface area contributed by atoms with Crippen LogP contribution in [0.25, 0.3) is 10.2 Å². The quantitative estimate of drug-likeness (QED) is 0.647. The van der Waals surface area contributed by atoms with E-state index in [9.17, 15) is 5.11 Å². The lowest BCUT2D eigenvalue weighted by atomic mass is 10.2. The first kappa shape index (κ1) is 17.1. The molecule has 24 heavy (non-hydrogen) atoms. The average Bonchev–Trinajstić information content (AvgIpc) is 2.93. The van der Waals surface area contributed by atoms with Crippen molar-refractivity contribution >= 4 is 43.3 Å². The van der Waals surface area contributed by atoms with Gasteiger partial charge in [-0.05, 0) is 52.9 Å². The van der Waals surface area contributed by atoms with Crippen LogP contribution in [-0.4, -0.2) is 34.3 Å². The molecule has 2 heterocycles. The molecule has 1 unspecified atom stereocenters. The van der Waals surface area contributed by atoms with Gasteiger partial charge in [0.1, 0.15) is 34.9 Å². The number of anilines is 1. The van der Waals surface area contributed by atoms with Crippen molar-refractivity contribution in [1.29, 1.82) is 0 Å². The molecule has 0 amide bonds. The molecule has 0 saturated heterocycles. The Kier molecular flexibility index (Phi) is 5.33. The van der Waals surface area contributed by atoms with Gasteiger partial charge in [0.05, 0.1) is 9.86 Å². The molecule has 0 fully saturated rings. The lowest BCUT2D eigenvalue weighted by Gasteiger charge is -2.15. The summed E-state index contributed by atoms with van der Waals surface area (Å²) >= 11 is 5.02. The van der Waals surface area contributed by atoms with Crippen molar-refractivity contribution in [2.24, 2.45) is 0 Å². The number of nitrogens with one attached hydrogen (secondary N) is 1. The minimum atomic E-state index is -0.652. The van der Waals surface area contributed by atoms with Gasteiger partial charge in [0, 0.05) is 6.54 Å². The molecule has 3 aromatic rings. The predicted molar refractivity (Wildman–Crippen MR) is 101 cm³/mol. The van der Waals surface area contributed by atoms with Crippen LogP contribution in [0.15, 0.2) is 34.1 Å². The fraction of sp³-hybridized carbons (Fsp3) is 0.294. The number of aromatic nitrogens is 2. The van der Waals surface area contributed by atoms with Gasteiger partial charge >= 0.3 is 0 Å². The van der Waals surface area contributed by atoms with Gasteiger partial charge in [-0.2, -0.15) is 0 Å². The van der Waals surface area contributed by atoms with Crippen LogP contribution < -0.4 is 10.1 Å². The Morgan fingerprint density at radius 3 is 2.88 bits per heavy atom. The summed E-state index contributed by atoms with van der Waals surface area (Å²) in [5, 5.41) is 16.5. The van der Waals surface area contributed by atoms with Crippen LogP contribution in [0.1, 0.15) is 11.4 Å². The molecule has 0 aliphatic rings. The number of hydrogen-bond acceptors (Lipinski definition) is 6. The van der Waals surface area contributed by atoms with Crippen LogP contribution in [0, 0.1) is 13.8 Å². The third-order valence-corrected chi connectivity index (χ3v) is 5.15. The summed E-state index contributed by atoms with van der Waals surface area (Å²) in [6, 6.07) is 7.57. The molecule has 0 aliphatic heterocycles. The Labute approximate surface area is 152 Å². The molecule has 126 valence electrons. The number of thiophene rings is 1. The molecule has 0 radical (unpaired) electrons. The van der Waals surface area contributed by atoms with E-state index in [4.69, 9.17) is 4.74 Å². The number of aryl methyl sites for hydroxylation is 2. The van der Waals surface area contributed by atoms with E-state index in [0.29, 0.717) is 18.1 Å². The van der Waals surface area contributed by atoms with Crippen molar-refractivity contribution in [2.45, 2.75) is 20.0 Å². The highest BCUT2D eigenvalue weighted by Crippen LogP contribution is 2.29. The number of nitrogens with zero attached hydrogens (tertiary/aromatic N) is 2. The number of ether oxygens (including phenoxy) is 1. The fourth-order valence-electron chi connectivity index (χ4n) is 2.34. The number of aliphatic hydroxyl groups excluding tert-OH is 1. The van der Waals surface area contributed by atoms with Crippen molar-refractivity contribution in [3.63, 3.8) is 0 Å². The zero-order valence-electron chi connectivity index (χ0n) is 13.4. The smallest absolute Gasteiger partial charge is 0.138 e. The van der Waals surface area contributed by atoms with Gasteiger partial charge < -0.3 is 15.2 Å². The molecular formula is C17H18BrN3O2S. The third kappa shape index (κ3) is 3.85. The van der Waals surface area contributed by atoms with Gasteiger partial charge in [-0.25, -0.2) is 9.97 Å². The molecule has 5 nitrogen and oxygen atoms in total. The normalized spacial score (nSPS) is 12.3. The fourth-order valence-corrected chi connectivity index (χ4v) is 3.71. The van der Waals surface area contributed by atoms with E-state index in [1.807, 2.05) is 38.1 Å². The van der Waals surface area contributed by atoms with Crippen molar-refractivity contribution in [3.05, 3.63) is 45.5 Å². The van der Waals surface area contributed by atoms with Crippen LogP contribution >= 0.6 is 27.3 Å². The Bertz CT molecular complexity index is 853. The number of aliphatic hydroxyl groups is 1. The lowest BCUT2D eigenvalue weighted by molar-refractivity contribution is 0.117. The second-order valence-electron chi connectivity index (χ2n) is 5.49. The maximum absolute atomic E-state index is 10.2. The van der Waals surface area contributed by atoms with Crippen LogP contribution in [0.5, 0.6) is 5.75 Å². The first-order chi connectivity index (χ1) is 11.5. The Morgan fingerprint density at radius 2 is 2.08 bits per heavy atom. The summed E-state index contributed by atoms with van der Waals surface area (Å²) in [7, 11) is 0. The van der Waals surface area contributed by atoms with E-state index in [1.165, 1.54) is 0 Å². The Balaban J connectivity index is 1.63. The maximum atomic E-state index is 10.2. The number of halogens is 1. The summed E-state index contributed by atoms with van der Waals surface area (Å²) in [5.41, 5.74) is 1.14. The molecule has 7 heteroatoms. The minimum Gasteiger partial charge on any atom is -0.490 e. The molecule has 1 aromatic carbocycles. The van der Waals surface area contributed by atoms with Gasteiger partial charge in [-0.3, -0.25) is 0 Å². The van der Waals surface area contributed by atoms with Crippen LogP contribution in [-0.2, 0) is 0 Å². The molecule has 3 rings (SSSR count). The maximum Gasteiger partial charge on any atom is 0.138 e. The molecule has 2 aromatic heterocycles. The molecule has 0 bridgehead atoms. The van der Waals surface area contributed by atoms with Crippen LogP contribution in [0.3, 0.4) is 0 Å². The molecule has 2 N–H and O–H groups in total. The van der Waals surface area contributed by atoms with E-state index >= 15 is 0 Å². The largest absolute Gasteiger partial charge is 0.490 e. The zero-order valence-corrected chi connectivity index (χ0v) is 15.8. The first-order valence-corrected chi connectivity index (χ1v) is 9.23. The van der Waals surface area contributed by atoms with Crippen molar-refractivity contribution in [1.82, 2.24) is 9.97 Å². The van der Waals surface area contributed by atoms with Crippen LogP contribution in [0.2, 0.25) is 0 Å². The van der Waals surface area contributed by atoms with Gasteiger partial charge in [-0.1, -0.05) is 12.1 Å². The van der Waals surface area contributed by atoms with Crippen molar-refractivity contribution in [3.8, 4) is 5.75 Å². The summed E-state index contributed by atoms with van der Waals surface area (Å²) in [6.07, 6.45) is -0.652. The minimum absolute atomic E-state index is 0.200. The van der Waals surface area contributed by atoms with E-state index < -0.39 is 6.10 Å². The topological polar surface area (TPSA) is 67.3 Å². The second-order valence-corrected chi connectivity index (χ2v) is 7.21. The summed E-state index contributed by atoms with van der Waals surface area (Å²) in [5.74, 6) is 2.19. The first-order valence-electron chi connectivity index (χ1n) is 7.56. The number of fused-ring (bicyclic) bond motifs is 1. The van der Waals surface area contributed by atoms with Crippen molar-refractivity contribution in [2.75, 3.05) is 18.5 Å². The Hall–Kier alpha value is -1.70. The van der Waals surface area contributed by atoms with E-state index in [1.54, 1.807) is 11.3 Å². The van der Waals surface area contributed by atoms with Gasteiger partial charge in [0.15, 0.2) is 0 Å². The molecule has 1 atom stereocenters. The highest BCUT2D eigenvalue weighted by Gasteiger charge is 2.12. The standard InChI is InChI=1S/C17H18BrN3O2S/c1-10-9-24-17-15(10)16(20-11(2)21-17)19-7-12(22)8-23-14-6-4-3-5-13(14)18/h3-6,9,12,22H,7-8H2,1-2H3,(H,19,20,21). The molecule has 0 aliphatic carbocycles. The van der Waals surface area contributed by atoms with Crippen molar-refractivity contribution < 1.29 is 9.84 Å². The molecular weight excluding hydrogens is 390 g/mol. The van der Waals surface area contributed by atoms with Gasteiger partial charge in [0.25, 0.3) is 0 Å². The molecule has 0 saturated carbocycles. The monoisotopic (exact) mass is 407 g/mol. The zero-order chi connectivity index (χ0) is 17.1. The Morgan fingerprint density at radius 1 is 1.29 bits per heavy atom. The highest BCUT2D eigenvalue weighted by atomic mass is 79.9. The number of para-hydroxylation sites is 1. The van der Waals surface area contributed by atoms with Crippen LogP contribution in [0.4, 0.5) is 5.82 Å². The van der Waals surface area contributed by atoms with E-state index in [-0.39, 0.29) is 6.61 Å². The van der Waals surface area contributed by atoms with E-state index in [0.717, 1.165) is 26.1 Å². The van der Waals surface area contributed by atoms with E-state index in [2.05, 4.69) is 36.6 Å². The number of rotatable bonds is 6. The second kappa shape index (κ2) is 7.46. The third-order valence-electron chi connectivity index (χ3n) is 3.50. The predicted octanol–water partition coefficient (Wildman–Crippen LogP) is 3.92. The highest BCUT2D eigenvalue weighted by molar-refractivity contribution is 9.10. The SMILES string of the molecule is Cc1nc(NCC(O)COc2ccccc2Br)c2c(C)csc2n1. The summed E-state index contributed by atoms with van der Waals surface area (Å²) in [4.78, 5) is 9.87. The summed E-state index contributed by atoms with van der Waals surface area (Å²) in [6.45, 7) is 4.46.